The van der Waals surface area contributed by atoms with Crippen LogP contribution < -0.4 is 5.73 Å². The van der Waals surface area contributed by atoms with Gasteiger partial charge in [0.05, 0.1) is 9.83 Å². The smallest absolute Gasteiger partial charge is 0.0702 e. The van der Waals surface area contributed by atoms with Gasteiger partial charge in [0, 0.05) is 4.88 Å². The lowest BCUT2D eigenvalue weighted by atomic mass is 9.82. The minimum atomic E-state index is -0.0323. The fourth-order valence-electron chi connectivity index (χ4n) is 2.01. The Bertz CT molecular complexity index is 542. The zero-order valence-electron chi connectivity index (χ0n) is 11.6. The molecule has 102 valence electrons. The molecule has 2 rings (SSSR count). The van der Waals surface area contributed by atoms with Crippen LogP contribution in [-0.2, 0) is 5.41 Å². The van der Waals surface area contributed by atoms with Gasteiger partial charge in [0.25, 0.3) is 0 Å². The monoisotopic (exact) mass is 337 g/mol. The normalized spacial score (nSPS) is 13.5. The summed E-state index contributed by atoms with van der Waals surface area (Å²) in [6, 6.07) is 12.8. The SMILES string of the molecule is CCC(C)(C)c1ccc(C(N)c2ccc(Br)s2)cc1. The van der Waals surface area contributed by atoms with E-state index in [1.807, 2.05) is 0 Å². The minimum absolute atomic E-state index is 0.0323. The summed E-state index contributed by atoms with van der Waals surface area (Å²) in [5, 5.41) is 0. The minimum Gasteiger partial charge on any atom is -0.320 e. The van der Waals surface area contributed by atoms with Gasteiger partial charge in [-0.3, -0.25) is 0 Å². The van der Waals surface area contributed by atoms with Crippen molar-refractivity contribution in [3.05, 3.63) is 56.2 Å². The number of hydrogen-bond acceptors (Lipinski definition) is 2. The van der Waals surface area contributed by atoms with Gasteiger partial charge in [0.1, 0.15) is 0 Å². The van der Waals surface area contributed by atoms with E-state index in [1.165, 1.54) is 16.0 Å². The lowest BCUT2D eigenvalue weighted by molar-refractivity contribution is 0.506. The average Bonchev–Trinajstić information content (AvgIpc) is 2.85. The maximum absolute atomic E-state index is 6.31. The highest BCUT2D eigenvalue weighted by Crippen LogP contribution is 2.31. The number of nitrogens with two attached hydrogens (primary N) is 1. The van der Waals surface area contributed by atoms with E-state index >= 15 is 0 Å². The zero-order chi connectivity index (χ0) is 14.0. The molecule has 1 atom stereocenters. The molecule has 2 aromatic rings. The van der Waals surface area contributed by atoms with Gasteiger partial charge in [-0.1, -0.05) is 45.0 Å². The third-order valence-electron chi connectivity index (χ3n) is 3.84. The van der Waals surface area contributed by atoms with E-state index in [9.17, 15) is 0 Å². The predicted octanol–water partition coefficient (Wildman–Crippen LogP) is 5.25. The van der Waals surface area contributed by atoms with Crippen LogP contribution in [0.4, 0.5) is 0 Å². The third kappa shape index (κ3) is 3.28. The van der Waals surface area contributed by atoms with Crippen LogP contribution in [0.3, 0.4) is 0 Å². The summed E-state index contributed by atoms with van der Waals surface area (Å²) >= 11 is 5.18. The first-order chi connectivity index (χ1) is 8.94. The second kappa shape index (κ2) is 5.78. The number of thiophene rings is 1. The van der Waals surface area contributed by atoms with Crippen molar-refractivity contribution in [3.63, 3.8) is 0 Å². The van der Waals surface area contributed by atoms with E-state index in [2.05, 4.69) is 73.1 Å². The Hall–Kier alpha value is -0.640. The molecule has 0 aliphatic rings. The molecule has 0 aliphatic heterocycles. The molecule has 0 saturated carbocycles. The fraction of sp³-hybridized carbons (Fsp3) is 0.375. The van der Waals surface area contributed by atoms with Crippen molar-refractivity contribution in [2.24, 2.45) is 5.73 Å². The maximum atomic E-state index is 6.31. The standard InChI is InChI=1S/C16H20BrNS/c1-4-16(2,3)12-7-5-11(6-8-12)15(18)13-9-10-14(17)19-13/h5-10,15H,4,18H2,1-3H3. The van der Waals surface area contributed by atoms with Crippen LogP contribution in [0.15, 0.2) is 40.2 Å². The molecule has 0 spiro atoms. The summed E-state index contributed by atoms with van der Waals surface area (Å²) in [4.78, 5) is 1.19. The summed E-state index contributed by atoms with van der Waals surface area (Å²) in [6.45, 7) is 6.78. The Kier molecular flexibility index (Phi) is 4.49. The number of rotatable bonds is 4. The van der Waals surface area contributed by atoms with Crippen LogP contribution >= 0.6 is 27.3 Å². The Morgan fingerprint density at radius 2 is 1.79 bits per heavy atom. The van der Waals surface area contributed by atoms with Crippen LogP contribution in [0.25, 0.3) is 0 Å². The summed E-state index contributed by atoms with van der Waals surface area (Å²) < 4.78 is 1.13. The summed E-state index contributed by atoms with van der Waals surface area (Å²) in [5.41, 5.74) is 9.09. The van der Waals surface area contributed by atoms with Crippen molar-refractivity contribution < 1.29 is 0 Å². The molecule has 1 nitrogen and oxygen atoms in total. The lowest BCUT2D eigenvalue weighted by Crippen LogP contribution is -2.16. The van der Waals surface area contributed by atoms with Gasteiger partial charge in [-0.25, -0.2) is 0 Å². The Balaban J connectivity index is 2.23. The topological polar surface area (TPSA) is 26.0 Å². The van der Waals surface area contributed by atoms with Crippen LogP contribution in [0.5, 0.6) is 0 Å². The molecular formula is C16H20BrNS. The van der Waals surface area contributed by atoms with E-state index in [4.69, 9.17) is 5.73 Å². The van der Waals surface area contributed by atoms with Crippen molar-refractivity contribution in [2.75, 3.05) is 0 Å². The second-order valence-electron chi connectivity index (χ2n) is 5.48. The second-order valence-corrected chi connectivity index (χ2v) is 7.97. The molecule has 0 saturated heterocycles. The first-order valence-electron chi connectivity index (χ1n) is 6.55. The molecule has 19 heavy (non-hydrogen) atoms. The Morgan fingerprint density at radius 3 is 2.26 bits per heavy atom. The van der Waals surface area contributed by atoms with E-state index in [-0.39, 0.29) is 11.5 Å². The van der Waals surface area contributed by atoms with E-state index < -0.39 is 0 Å². The maximum Gasteiger partial charge on any atom is 0.0702 e. The lowest BCUT2D eigenvalue weighted by Gasteiger charge is -2.24. The third-order valence-corrected chi connectivity index (χ3v) is 5.54. The molecule has 1 heterocycles. The van der Waals surface area contributed by atoms with Crippen LogP contribution in [0.1, 0.15) is 49.2 Å². The highest BCUT2D eigenvalue weighted by molar-refractivity contribution is 9.11. The van der Waals surface area contributed by atoms with Gasteiger partial charge in [-0.2, -0.15) is 0 Å². The van der Waals surface area contributed by atoms with Crippen molar-refractivity contribution >= 4 is 27.3 Å². The molecule has 1 aromatic carbocycles. The number of hydrogen-bond donors (Lipinski definition) is 1. The Morgan fingerprint density at radius 1 is 1.16 bits per heavy atom. The average molecular weight is 338 g/mol. The molecular weight excluding hydrogens is 318 g/mol. The molecule has 2 N–H and O–H groups in total. The quantitative estimate of drug-likeness (QED) is 0.810. The van der Waals surface area contributed by atoms with Gasteiger partial charge >= 0.3 is 0 Å². The van der Waals surface area contributed by atoms with Gasteiger partial charge in [-0.05, 0) is 51.0 Å². The van der Waals surface area contributed by atoms with Crippen molar-refractivity contribution in [3.8, 4) is 0 Å². The fourth-order valence-corrected chi connectivity index (χ4v) is 3.46. The molecule has 0 fully saturated rings. The number of halogens is 1. The van der Waals surface area contributed by atoms with Crippen LogP contribution in [0.2, 0.25) is 0 Å². The predicted molar refractivity (Wildman–Crippen MR) is 87.8 cm³/mol. The highest BCUT2D eigenvalue weighted by Gasteiger charge is 2.18. The highest BCUT2D eigenvalue weighted by atomic mass is 79.9. The summed E-state index contributed by atoms with van der Waals surface area (Å²) in [5.74, 6) is 0. The van der Waals surface area contributed by atoms with E-state index in [0.29, 0.717) is 0 Å². The Labute approximate surface area is 128 Å². The largest absolute Gasteiger partial charge is 0.320 e. The first kappa shape index (κ1) is 14.8. The molecule has 0 amide bonds. The van der Waals surface area contributed by atoms with Crippen LogP contribution in [-0.4, -0.2) is 0 Å². The van der Waals surface area contributed by atoms with E-state index in [1.54, 1.807) is 11.3 Å². The van der Waals surface area contributed by atoms with Crippen LogP contribution in [0, 0.1) is 0 Å². The van der Waals surface area contributed by atoms with Crippen molar-refractivity contribution in [2.45, 2.75) is 38.6 Å². The van der Waals surface area contributed by atoms with Gasteiger partial charge in [0.2, 0.25) is 0 Å². The number of benzene rings is 1. The van der Waals surface area contributed by atoms with Gasteiger partial charge < -0.3 is 5.73 Å². The molecule has 0 aliphatic carbocycles. The molecule has 3 heteroatoms. The van der Waals surface area contributed by atoms with E-state index in [0.717, 1.165) is 10.2 Å². The summed E-state index contributed by atoms with van der Waals surface area (Å²) in [7, 11) is 0. The van der Waals surface area contributed by atoms with Gasteiger partial charge in [0.15, 0.2) is 0 Å². The zero-order valence-corrected chi connectivity index (χ0v) is 14.0. The van der Waals surface area contributed by atoms with Gasteiger partial charge in [-0.15, -0.1) is 11.3 Å². The summed E-state index contributed by atoms with van der Waals surface area (Å²) in [6.07, 6.45) is 1.14. The first-order valence-corrected chi connectivity index (χ1v) is 8.16. The van der Waals surface area contributed by atoms with Crippen molar-refractivity contribution in [1.82, 2.24) is 0 Å². The molecule has 0 radical (unpaired) electrons. The van der Waals surface area contributed by atoms with Crippen molar-refractivity contribution in [1.29, 1.82) is 0 Å². The molecule has 0 bridgehead atoms. The molecule has 1 unspecified atom stereocenters. The molecule has 1 aromatic heterocycles.